The number of amides is 2. The molecule has 0 atom stereocenters. The van der Waals surface area contributed by atoms with Gasteiger partial charge in [0.1, 0.15) is 5.01 Å². The van der Waals surface area contributed by atoms with Gasteiger partial charge in [0.2, 0.25) is 15.9 Å². The Bertz CT molecular complexity index is 1080. The lowest BCUT2D eigenvalue weighted by Crippen LogP contribution is -2.51. The number of thiazole rings is 1. The van der Waals surface area contributed by atoms with E-state index >= 15 is 0 Å². The van der Waals surface area contributed by atoms with Gasteiger partial charge >= 0.3 is 0 Å². The number of rotatable bonds is 5. The summed E-state index contributed by atoms with van der Waals surface area (Å²) in [7, 11) is -3.53. The number of aryl methyl sites for hydroxylation is 1. The first kappa shape index (κ1) is 23.8. The van der Waals surface area contributed by atoms with Crippen LogP contribution < -0.4 is 0 Å². The summed E-state index contributed by atoms with van der Waals surface area (Å²) in [4.78, 5) is 33.5. The second kappa shape index (κ2) is 10.3. The van der Waals surface area contributed by atoms with Gasteiger partial charge in [0.25, 0.3) is 5.91 Å². The number of carbonyl (C=O) groups is 2. The van der Waals surface area contributed by atoms with Gasteiger partial charge < -0.3 is 9.80 Å². The summed E-state index contributed by atoms with van der Waals surface area (Å²) in [6.45, 7) is 4.88. The molecule has 0 spiro atoms. The summed E-state index contributed by atoms with van der Waals surface area (Å²) in [6, 6.07) is 6.25. The highest BCUT2D eigenvalue weighted by atomic mass is 32.2. The highest BCUT2D eigenvalue weighted by molar-refractivity contribution is 7.89. The van der Waals surface area contributed by atoms with Gasteiger partial charge in [0, 0.05) is 55.9 Å². The van der Waals surface area contributed by atoms with Crippen LogP contribution >= 0.6 is 11.3 Å². The third kappa shape index (κ3) is 5.62. The van der Waals surface area contributed by atoms with Gasteiger partial charge in [-0.05, 0) is 44.0 Å². The minimum Gasteiger partial charge on any atom is -0.339 e. The highest BCUT2D eigenvalue weighted by Gasteiger charge is 2.27. The molecule has 2 saturated heterocycles. The molecule has 178 valence electrons. The van der Waals surface area contributed by atoms with E-state index in [2.05, 4.69) is 4.98 Å². The third-order valence-corrected chi connectivity index (χ3v) is 9.07. The molecule has 2 amide bonds. The van der Waals surface area contributed by atoms with E-state index in [1.807, 2.05) is 12.3 Å². The molecule has 1 aromatic heterocycles. The normalized spacial score (nSPS) is 18.2. The zero-order valence-electron chi connectivity index (χ0n) is 18.9. The Balaban J connectivity index is 1.33. The van der Waals surface area contributed by atoms with E-state index in [0.717, 1.165) is 36.4 Å². The average Bonchev–Trinajstić information content (AvgIpc) is 3.05. The van der Waals surface area contributed by atoms with Crippen molar-refractivity contribution < 1.29 is 18.0 Å². The van der Waals surface area contributed by atoms with E-state index in [4.69, 9.17) is 0 Å². The third-order valence-electron chi connectivity index (χ3n) is 6.19. The molecule has 0 radical (unpaired) electrons. The van der Waals surface area contributed by atoms with Gasteiger partial charge in [0.05, 0.1) is 11.3 Å². The summed E-state index contributed by atoms with van der Waals surface area (Å²) in [5.41, 5.74) is 1.38. The summed E-state index contributed by atoms with van der Waals surface area (Å²) in [5.74, 6) is -0.115. The van der Waals surface area contributed by atoms with Crippen LogP contribution in [0.15, 0.2) is 34.5 Å². The molecule has 4 rings (SSSR count). The molecule has 33 heavy (non-hydrogen) atoms. The van der Waals surface area contributed by atoms with Gasteiger partial charge in [-0.2, -0.15) is 4.31 Å². The van der Waals surface area contributed by atoms with Crippen LogP contribution in [-0.2, 0) is 21.2 Å². The van der Waals surface area contributed by atoms with Gasteiger partial charge in [0.15, 0.2) is 0 Å². The molecule has 0 bridgehead atoms. The lowest BCUT2D eigenvalue weighted by molar-refractivity contribution is -0.131. The maximum absolute atomic E-state index is 12.9. The van der Waals surface area contributed by atoms with E-state index in [-0.39, 0.29) is 16.7 Å². The topological polar surface area (TPSA) is 90.9 Å². The highest BCUT2D eigenvalue weighted by Crippen LogP contribution is 2.21. The van der Waals surface area contributed by atoms with Crippen molar-refractivity contribution in [3.05, 3.63) is 45.9 Å². The SMILES string of the molecule is Cc1csc(CC(=O)N2CCN(C(=O)c3ccc(S(=O)(=O)N4CCCCCC4)cc3)CC2)n1. The fraction of sp³-hybridized carbons (Fsp3) is 0.522. The van der Waals surface area contributed by atoms with E-state index in [9.17, 15) is 18.0 Å². The molecule has 0 saturated carbocycles. The number of hydrogen-bond acceptors (Lipinski definition) is 6. The minimum absolute atomic E-state index is 0.0273. The smallest absolute Gasteiger partial charge is 0.253 e. The van der Waals surface area contributed by atoms with Crippen LogP contribution in [0, 0.1) is 6.92 Å². The van der Waals surface area contributed by atoms with Gasteiger partial charge in [-0.25, -0.2) is 13.4 Å². The van der Waals surface area contributed by atoms with Crippen molar-refractivity contribution in [2.24, 2.45) is 0 Å². The first-order valence-electron chi connectivity index (χ1n) is 11.4. The Kier molecular flexibility index (Phi) is 7.45. The predicted octanol–water partition coefficient (Wildman–Crippen LogP) is 2.54. The fourth-order valence-corrected chi connectivity index (χ4v) is 6.55. The first-order valence-corrected chi connectivity index (χ1v) is 13.7. The Morgan fingerprint density at radius 2 is 1.52 bits per heavy atom. The molecular weight excluding hydrogens is 460 g/mol. The van der Waals surface area contributed by atoms with Crippen LogP contribution in [0.1, 0.15) is 46.7 Å². The van der Waals surface area contributed by atoms with E-state index in [1.54, 1.807) is 26.2 Å². The predicted molar refractivity (Wildman–Crippen MR) is 127 cm³/mol. The number of sulfonamides is 1. The molecule has 1 aromatic carbocycles. The monoisotopic (exact) mass is 490 g/mol. The quantitative estimate of drug-likeness (QED) is 0.642. The second-order valence-corrected chi connectivity index (χ2v) is 11.5. The van der Waals surface area contributed by atoms with Crippen molar-refractivity contribution in [3.63, 3.8) is 0 Å². The molecule has 0 aliphatic carbocycles. The standard InChI is InChI=1S/C23H30N4O4S2/c1-18-17-32-21(24-18)16-22(28)25-12-14-26(15-13-25)23(29)19-6-8-20(9-7-19)33(30,31)27-10-4-2-3-5-11-27/h6-9,17H,2-5,10-16H2,1H3. The lowest BCUT2D eigenvalue weighted by Gasteiger charge is -2.34. The number of nitrogens with zero attached hydrogens (tertiary/aromatic N) is 4. The van der Waals surface area contributed by atoms with Crippen LogP contribution in [0.2, 0.25) is 0 Å². The molecule has 2 fully saturated rings. The number of benzene rings is 1. The summed E-state index contributed by atoms with van der Waals surface area (Å²) >= 11 is 1.49. The zero-order valence-corrected chi connectivity index (χ0v) is 20.5. The number of aromatic nitrogens is 1. The van der Waals surface area contributed by atoms with Crippen molar-refractivity contribution in [1.82, 2.24) is 19.1 Å². The maximum Gasteiger partial charge on any atom is 0.253 e. The van der Waals surface area contributed by atoms with Crippen molar-refractivity contribution in [1.29, 1.82) is 0 Å². The molecule has 2 aliphatic rings. The zero-order chi connectivity index (χ0) is 23.4. The Morgan fingerprint density at radius 1 is 0.909 bits per heavy atom. The van der Waals surface area contributed by atoms with Gasteiger partial charge in [-0.1, -0.05) is 12.8 Å². The van der Waals surface area contributed by atoms with E-state index < -0.39 is 10.0 Å². The van der Waals surface area contributed by atoms with Crippen LogP contribution in [0.25, 0.3) is 0 Å². The Hall–Kier alpha value is -2.30. The van der Waals surface area contributed by atoms with Gasteiger partial charge in [-0.15, -0.1) is 11.3 Å². The summed E-state index contributed by atoms with van der Waals surface area (Å²) in [5, 5.41) is 2.75. The molecule has 0 unspecified atom stereocenters. The number of piperazine rings is 1. The summed E-state index contributed by atoms with van der Waals surface area (Å²) < 4.78 is 27.4. The number of carbonyl (C=O) groups excluding carboxylic acids is 2. The van der Waals surface area contributed by atoms with Crippen LogP contribution in [-0.4, -0.2) is 78.6 Å². The van der Waals surface area contributed by atoms with Crippen molar-refractivity contribution >= 4 is 33.2 Å². The largest absolute Gasteiger partial charge is 0.339 e. The van der Waals surface area contributed by atoms with Crippen LogP contribution in [0.4, 0.5) is 0 Å². The average molecular weight is 491 g/mol. The molecule has 2 aliphatic heterocycles. The first-order chi connectivity index (χ1) is 15.8. The van der Waals surface area contributed by atoms with Gasteiger partial charge in [-0.3, -0.25) is 9.59 Å². The lowest BCUT2D eigenvalue weighted by atomic mass is 10.2. The summed E-state index contributed by atoms with van der Waals surface area (Å²) in [6.07, 6.45) is 4.17. The number of hydrogen-bond donors (Lipinski definition) is 0. The molecule has 10 heteroatoms. The maximum atomic E-state index is 12.9. The van der Waals surface area contributed by atoms with Crippen LogP contribution in [0.5, 0.6) is 0 Å². The molecule has 0 N–H and O–H groups in total. The van der Waals surface area contributed by atoms with Crippen molar-refractivity contribution in [2.75, 3.05) is 39.3 Å². The molecule has 2 aromatic rings. The molecule has 8 nitrogen and oxygen atoms in total. The Labute approximate surface area is 199 Å². The molecule has 3 heterocycles. The molecular formula is C23H30N4O4S2. The Morgan fingerprint density at radius 3 is 2.09 bits per heavy atom. The van der Waals surface area contributed by atoms with Crippen LogP contribution in [0.3, 0.4) is 0 Å². The van der Waals surface area contributed by atoms with E-state index in [0.29, 0.717) is 51.3 Å². The van der Waals surface area contributed by atoms with Crippen molar-refractivity contribution in [2.45, 2.75) is 43.9 Å². The minimum atomic E-state index is -3.53. The second-order valence-electron chi connectivity index (χ2n) is 8.58. The van der Waals surface area contributed by atoms with Crippen molar-refractivity contribution in [3.8, 4) is 0 Å². The van der Waals surface area contributed by atoms with E-state index in [1.165, 1.54) is 23.5 Å². The fourth-order valence-electron chi connectivity index (χ4n) is 4.27.